The summed E-state index contributed by atoms with van der Waals surface area (Å²) in [6.07, 6.45) is 97.1. The zero-order valence-corrected chi connectivity index (χ0v) is 58.5. The van der Waals surface area contributed by atoms with Crippen LogP contribution in [0, 0.1) is 0 Å². The standard InChI is InChI=1S/C78H136NO8P/c1-6-8-10-12-14-16-18-20-22-24-26-28-30-32-34-36-38-39-41-42-44-46-48-50-52-54-56-58-60-62-64-66-68-70-77(80)84-74-76(75-86-88(82,83)85-73-72-79(3,4)5)87-78(81)71-69-67-65-63-61-59-57-55-53-51-49-47-45-43-40-37-35-33-31-29-27-25-23-21-19-17-15-13-11-9-7-2/h8-11,14-17,20-23,26-29,33,35,40,43,76H,6-7,12-13,18-19,24-25,30-32,34,36-39,41-42,44-75H2,1-5H3/b10-8-,11-9-,16-14-,17-15-,22-20-,23-21-,28-26-,29-27-,35-33-,43-40-. The van der Waals surface area contributed by atoms with Crippen LogP contribution in [0.4, 0.5) is 0 Å². The van der Waals surface area contributed by atoms with E-state index in [0.29, 0.717) is 17.4 Å². The van der Waals surface area contributed by atoms with Gasteiger partial charge in [-0.25, -0.2) is 0 Å². The average Bonchev–Trinajstić information content (AvgIpc) is 3.68. The van der Waals surface area contributed by atoms with Crippen LogP contribution in [-0.4, -0.2) is 70.0 Å². The first-order valence-electron chi connectivity index (χ1n) is 36.2. The van der Waals surface area contributed by atoms with Crippen molar-refractivity contribution in [1.29, 1.82) is 0 Å². The maximum atomic E-state index is 12.9. The summed E-state index contributed by atoms with van der Waals surface area (Å²) in [6.45, 7) is 4.04. The maximum absolute atomic E-state index is 12.9. The van der Waals surface area contributed by atoms with Crippen LogP contribution in [0.1, 0.15) is 309 Å². The molecule has 2 unspecified atom stereocenters. The van der Waals surface area contributed by atoms with E-state index in [1.165, 1.54) is 173 Å². The fraction of sp³-hybridized carbons (Fsp3) is 0.718. The normalized spacial score (nSPS) is 13.8. The largest absolute Gasteiger partial charge is 0.756 e. The molecule has 0 radical (unpaired) electrons. The van der Waals surface area contributed by atoms with E-state index < -0.39 is 26.5 Å². The zero-order valence-electron chi connectivity index (χ0n) is 57.6. The lowest BCUT2D eigenvalue weighted by Crippen LogP contribution is -2.37. The molecule has 0 spiro atoms. The van der Waals surface area contributed by atoms with Crippen LogP contribution in [0.5, 0.6) is 0 Å². The van der Waals surface area contributed by atoms with Gasteiger partial charge in [-0.1, -0.05) is 315 Å². The Morgan fingerprint density at radius 2 is 0.614 bits per heavy atom. The Morgan fingerprint density at radius 3 is 0.909 bits per heavy atom. The molecule has 0 fully saturated rings. The molecule has 0 bridgehead atoms. The van der Waals surface area contributed by atoms with Gasteiger partial charge in [-0.05, 0) is 103 Å². The Balaban J connectivity index is 4.03. The number of likely N-dealkylation sites (N-methyl/N-ethyl adjacent to an activating group) is 1. The molecule has 0 saturated heterocycles. The highest BCUT2D eigenvalue weighted by atomic mass is 31.2. The van der Waals surface area contributed by atoms with Crippen LogP contribution in [0.3, 0.4) is 0 Å². The summed E-state index contributed by atoms with van der Waals surface area (Å²) in [5.74, 6) is -0.829. The monoisotopic (exact) mass is 1250 g/mol. The number of esters is 2. The summed E-state index contributed by atoms with van der Waals surface area (Å²) in [7, 11) is 1.16. The highest BCUT2D eigenvalue weighted by molar-refractivity contribution is 7.45. The minimum absolute atomic E-state index is 0.0344. The van der Waals surface area contributed by atoms with E-state index in [0.717, 1.165) is 103 Å². The van der Waals surface area contributed by atoms with Crippen molar-refractivity contribution >= 4 is 19.8 Å². The lowest BCUT2D eigenvalue weighted by atomic mass is 10.0. The molecule has 0 aliphatic carbocycles. The molecule has 2 atom stereocenters. The van der Waals surface area contributed by atoms with Crippen molar-refractivity contribution < 1.29 is 42.1 Å². The Kier molecular flexibility index (Phi) is 65.0. The number of unbranched alkanes of at least 4 members (excludes halogenated alkanes) is 32. The van der Waals surface area contributed by atoms with Crippen LogP contribution < -0.4 is 4.89 Å². The Bertz CT molecular complexity index is 1900. The second kappa shape index (κ2) is 67.8. The van der Waals surface area contributed by atoms with Gasteiger partial charge in [-0.2, -0.15) is 0 Å². The number of nitrogens with zero attached hydrogens (tertiary/aromatic N) is 1. The van der Waals surface area contributed by atoms with Gasteiger partial charge in [-0.15, -0.1) is 0 Å². The van der Waals surface area contributed by atoms with Gasteiger partial charge in [0.1, 0.15) is 19.8 Å². The van der Waals surface area contributed by atoms with Gasteiger partial charge in [0.05, 0.1) is 27.7 Å². The first-order valence-corrected chi connectivity index (χ1v) is 37.7. The second-order valence-electron chi connectivity index (χ2n) is 25.2. The second-order valence-corrected chi connectivity index (χ2v) is 26.6. The number of hydrogen-bond donors (Lipinski definition) is 0. The van der Waals surface area contributed by atoms with Crippen molar-refractivity contribution in [1.82, 2.24) is 0 Å². The summed E-state index contributed by atoms with van der Waals surface area (Å²) in [6, 6.07) is 0. The van der Waals surface area contributed by atoms with Gasteiger partial charge < -0.3 is 27.9 Å². The van der Waals surface area contributed by atoms with Crippen molar-refractivity contribution in [3.05, 3.63) is 122 Å². The Labute approximate surface area is 543 Å². The number of allylic oxidation sites excluding steroid dienone is 20. The summed E-state index contributed by atoms with van der Waals surface area (Å²) in [4.78, 5) is 38.1. The molecule has 0 amide bonds. The fourth-order valence-electron chi connectivity index (χ4n) is 10.0. The molecule has 0 aromatic carbocycles. The highest BCUT2D eigenvalue weighted by Crippen LogP contribution is 2.38. The van der Waals surface area contributed by atoms with Gasteiger partial charge in [0, 0.05) is 12.8 Å². The van der Waals surface area contributed by atoms with Crippen molar-refractivity contribution in [3.8, 4) is 0 Å². The molecular weight excluding hydrogens is 1110 g/mol. The molecule has 0 heterocycles. The molecule has 0 aromatic rings. The summed E-state index contributed by atoms with van der Waals surface area (Å²) >= 11 is 0. The first-order chi connectivity index (χ1) is 43.0. The molecular formula is C78H136NO8P. The lowest BCUT2D eigenvalue weighted by molar-refractivity contribution is -0.870. The minimum atomic E-state index is -4.65. The zero-order chi connectivity index (χ0) is 64.1. The van der Waals surface area contributed by atoms with E-state index in [2.05, 4.69) is 135 Å². The summed E-state index contributed by atoms with van der Waals surface area (Å²) < 4.78 is 34.4. The third-order valence-electron chi connectivity index (χ3n) is 15.5. The van der Waals surface area contributed by atoms with Gasteiger partial charge in [0.25, 0.3) is 7.82 Å². The number of carbonyl (C=O) groups is 2. The Morgan fingerprint density at radius 1 is 0.352 bits per heavy atom. The minimum Gasteiger partial charge on any atom is -0.756 e. The van der Waals surface area contributed by atoms with E-state index >= 15 is 0 Å². The SMILES string of the molecule is CC/C=C\C/C=C\C/C=C\C/C=C\C/C=C\C/C=C\CCCCCCCCCCCCCCC(=O)OC(COC(=O)CCCCCCCCCCCCCCCCCCCCCC/C=C\C/C=C\C/C=C\C/C=C\CC)COP(=O)([O-])OCC[N+](C)(C)C. The van der Waals surface area contributed by atoms with Gasteiger partial charge in [0.15, 0.2) is 6.10 Å². The van der Waals surface area contributed by atoms with E-state index in [9.17, 15) is 19.0 Å². The third-order valence-corrected chi connectivity index (χ3v) is 16.4. The topological polar surface area (TPSA) is 111 Å². The van der Waals surface area contributed by atoms with Gasteiger partial charge in [-0.3, -0.25) is 14.2 Å². The molecule has 9 nitrogen and oxygen atoms in total. The van der Waals surface area contributed by atoms with E-state index in [1.54, 1.807) is 0 Å². The number of carbonyl (C=O) groups excluding carboxylic acids is 2. The molecule has 0 aliphatic rings. The Hall–Kier alpha value is -3.59. The van der Waals surface area contributed by atoms with Crippen LogP contribution in [0.2, 0.25) is 0 Å². The molecule has 506 valence electrons. The number of ether oxygens (including phenoxy) is 2. The maximum Gasteiger partial charge on any atom is 0.306 e. The van der Waals surface area contributed by atoms with Gasteiger partial charge >= 0.3 is 11.9 Å². The predicted octanol–water partition coefficient (Wildman–Crippen LogP) is 23.2. The van der Waals surface area contributed by atoms with E-state index in [-0.39, 0.29) is 32.0 Å². The molecule has 0 saturated carbocycles. The molecule has 0 rings (SSSR count). The van der Waals surface area contributed by atoms with Crippen LogP contribution in [0.15, 0.2) is 122 Å². The van der Waals surface area contributed by atoms with E-state index in [4.69, 9.17) is 18.5 Å². The predicted molar refractivity (Wildman–Crippen MR) is 378 cm³/mol. The average molecular weight is 1250 g/mol. The van der Waals surface area contributed by atoms with Gasteiger partial charge in [0.2, 0.25) is 0 Å². The molecule has 10 heteroatoms. The lowest BCUT2D eigenvalue weighted by Gasteiger charge is -2.28. The van der Waals surface area contributed by atoms with E-state index in [1.807, 2.05) is 21.1 Å². The number of hydrogen-bond acceptors (Lipinski definition) is 8. The summed E-state index contributed by atoms with van der Waals surface area (Å²) in [5.41, 5.74) is 0. The smallest absolute Gasteiger partial charge is 0.306 e. The molecule has 88 heavy (non-hydrogen) atoms. The van der Waals surface area contributed by atoms with Crippen molar-refractivity contribution in [2.45, 2.75) is 315 Å². The number of phosphoric acid groups is 1. The third kappa shape index (κ3) is 71.5. The van der Waals surface area contributed by atoms with Crippen LogP contribution in [0.25, 0.3) is 0 Å². The first kappa shape index (κ1) is 84.4. The number of quaternary nitrogens is 1. The highest BCUT2D eigenvalue weighted by Gasteiger charge is 2.22. The quantitative estimate of drug-likeness (QED) is 0.0195. The van der Waals surface area contributed by atoms with Crippen molar-refractivity contribution in [3.63, 3.8) is 0 Å². The van der Waals surface area contributed by atoms with Crippen molar-refractivity contribution in [2.75, 3.05) is 47.5 Å². The molecule has 0 N–H and O–H groups in total. The number of rotatable bonds is 66. The number of phosphoric ester groups is 1. The molecule has 0 aromatic heterocycles. The summed E-state index contributed by atoms with van der Waals surface area (Å²) in [5, 5.41) is 0. The van der Waals surface area contributed by atoms with Crippen LogP contribution in [-0.2, 0) is 32.7 Å². The van der Waals surface area contributed by atoms with Crippen molar-refractivity contribution in [2.24, 2.45) is 0 Å². The fourth-order valence-corrected chi connectivity index (χ4v) is 10.7. The molecule has 0 aliphatic heterocycles. The van der Waals surface area contributed by atoms with Crippen LogP contribution >= 0.6 is 7.82 Å².